The number of nitrogens with one attached hydrogen (secondary N) is 2. The van der Waals surface area contributed by atoms with Crippen molar-refractivity contribution in [2.24, 2.45) is 0 Å². The van der Waals surface area contributed by atoms with Crippen LogP contribution in [0.2, 0.25) is 0 Å². The molecule has 2 aromatic heterocycles. The molecular weight excluding hydrogens is 430 g/mol. The number of aromatic nitrogens is 1. The molecule has 9 nitrogen and oxygen atoms in total. The van der Waals surface area contributed by atoms with Gasteiger partial charge in [-0.25, -0.2) is 0 Å². The van der Waals surface area contributed by atoms with E-state index >= 15 is 0 Å². The van der Waals surface area contributed by atoms with Gasteiger partial charge in [-0.3, -0.25) is 19.3 Å². The van der Waals surface area contributed by atoms with Crippen molar-refractivity contribution in [2.45, 2.75) is 6.92 Å². The van der Waals surface area contributed by atoms with Crippen molar-refractivity contribution < 1.29 is 18.9 Å². The first-order valence-electron chi connectivity index (χ1n) is 10.2. The minimum absolute atomic E-state index is 0.0664. The highest BCUT2D eigenvalue weighted by Gasteiger charge is 2.23. The first-order valence-corrected chi connectivity index (χ1v) is 11.1. The van der Waals surface area contributed by atoms with Gasteiger partial charge >= 0.3 is 0 Å². The van der Waals surface area contributed by atoms with Gasteiger partial charge in [-0.2, -0.15) is 0 Å². The highest BCUT2D eigenvalue weighted by Crippen LogP contribution is 2.16. The van der Waals surface area contributed by atoms with Crippen LogP contribution < -0.4 is 10.6 Å². The Balaban J connectivity index is 1.25. The standard InChI is InChI=1S/C22H23N5O4S/c1-15-13-19(25-31-15)24-20(28)14-26-8-10-27(11-9-26)22(30)16-4-6-17(7-5-16)23-21(29)18-3-2-12-32-18/h2-7,12-13H,8-11,14H2,1H3,(H,23,29)(H,24,25,28). The molecule has 3 heterocycles. The lowest BCUT2D eigenvalue weighted by atomic mass is 10.1. The fraction of sp³-hybridized carbons (Fsp3) is 0.273. The van der Waals surface area contributed by atoms with Crippen LogP contribution in [0.3, 0.4) is 0 Å². The van der Waals surface area contributed by atoms with E-state index in [0.29, 0.717) is 53.9 Å². The molecule has 0 saturated carbocycles. The predicted molar refractivity (Wildman–Crippen MR) is 121 cm³/mol. The number of hydrogen-bond donors (Lipinski definition) is 2. The number of benzene rings is 1. The summed E-state index contributed by atoms with van der Waals surface area (Å²) < 4.78 is 4.94. The van der Waals surface area contributed by atoms with Crippen LogP contribution in [0.4, 0.5) is 11.5 Å². The van der Waals surface area contributed by atoms with Gasteiger partial charge in [0.25, 0.3) is 11.8 Å². The second-order valence-corrected chi connectivity index (χ2v) is 8.40. The Hall–Kier alpha value is -3.50. The number of amides is 3. The highest BCUT2D eigenvalue weighted by atomic mass is 32.1. The molecule has 1 aliphatic heterocycles. The van der Waals surface area contributed by atoms with Gasteiger partial charge < -0.3 is 20.1 Å². The lowest BCUT2D eigenvalue weighted by molar-refractivity contribution is -0.117. The Morgan fingerprint density at radius 1 is 1.06 bits per heavy atom. The van der Waals surface area contributed by atoms with E-state index in [0.717, 1.165) is 0 Å². The van der Waals surface area contributed by atoms with Crippen LogP contribution in [0.15, 0.2) is 52.4 Å². The molecule has 3 aromatic rings. The summed E-state index contributed by atoms with van der Waals surface area (Å²) in [7, 11) is 0. The van der Waals surface area contributed by atoms with Gasteiger partial charge in [0, 0.05) is 43.5 Å². The molecule has 1 aromatic carbocycles. The molecule has 3 amide bonds. The number of thiophene rings is 1. The van der Waals surface area contributed by atoms with Crippen LogP contribution in [0.5, 0.6) is 0 Å². The summed E-state index contributed by atoms with van der Waals surface area (Å²) in [5, 5.41) is 11.1. The first-order chi connectivity index (χ1) is 15.5. The molecule has 166 valence electrons. The Kier molecular flexibility index (Phi) is 6.62. The first kappa shape index (κ1) is 21.7. The monoisotopic (exact) mass is 453 g/mol. The minimum atomic E-state index is -0.169. The smallest absolute Gasteiger partial charge is 0.265 e. The summed E-state index contributed by atoms with van der Waals surface area (Å²) in [5.74, 6) is 0.626. The van der Waals surface area contributed by atoms with E-state index in [1.807, 2.05) is 16.3 Å². The van der Waals surface area contributed by atoms with Gasteiger partial charge in [-0.15, -0.1) is 11.3 Å². The Morgan fingerprint density at radius 2 is 1.81 bits per heavy atom. The van der Waals surface area contributed by atoms with Crippen molar-refractivity contribution in [1.29, 1.82) is 0 Å². The molecule has 1 fully saturated rings. The lowest BCUT2D eigenvalue weighted by Gasteiger charge is -2.34. The molecule has 0 unspecified atom stereocenters. The third-order valence-corrected chi connectivity index (χ3v) is 5.93. The maximum Gasteiger partial charge on any atom is 0.265 e. The van der Waals surface area contributed by atoms with E-state index in [4.69, 9.17) is 4.52 Å². The van der Waals surface area contributed by atoms with E-state index in [-0.39, 0.29) is 24.3 Å². The van der Waals surface area contributed by atoms with Crippen LogP contribution in [-0.2, 0) is 4.79 Å². The molecule has 0 atom stereocenters. The van der Waals surface area contributed by atoms with Crippen LogP contribution in [0.25, 0.3) is 0 Å². The van der Waals surface area contributed by atoms with Gasteiger partial charge in [0.2, 0.25) is 5.91 Å². The minimum Gasteiger partial charge on any atom is -0.360 e. The maximum atomic E-state index is 12.8. The van der Waals surface area contributed by atoms with Crippen molar-refractivity contribution in [3.63, 3.8) is 0 Å². The zero-order valence-corrected chi connectivity index (χ0v) is 18.4. The molecule has 4 rings (SSSR count). The molecule has 10 heteroatoms. The summed E-state index contributed by atoms with van der Waals surface area (Å²) in [5.41, 5.74) is 1.20. The summed E-state index contributed by atoms with van der Waals surface area (Å²) in [4.78, 5) is 41.5. The summed E-state index contributed by atoms with van der Waals surface area (Å²) in [6, 6.07) is 12.1. The van der Waals surface area contributed by atoms with Crippen molar-refractivity contribution in [3.8, 4) is 0 Å². The molecule has 0 spiro atoms. The van der Waals surface area contributed by atoms with Crippen molar-refractivity contribution in [2.75, 3.05) is 43.4 Å². The second kappa shape index (κ2) is 9.75. The number of piperazine rings is 1. The summed E-state index contributed by atoms with van der Waals surface area (Å²) >= 11 is 1.37. The molecular formula is C22H23N5O4S. The maximum absolute atomic E-state index is 12.8. The number of carbonyl (C=O) groups excluding carboxylic acids is 3. The SMILES string of the molecule is Cc1cc(NC(=O)CN2CCN(C(=O)c3ccc(NC(=O)c4cccs4)cc3)CC2)no1. The largest absolute Gasteiger partial charge is 0.360 e. The molecule has 0 bridgehead atoms. The lowest BCUT2D eigenvalue weighted by Crippen LogP contribution is -2.50. The van der Waals surface area contributed by atoms with E-state index < -0.39 is 0 Å². The number of anilines is 2. The van der Waals surface area contributed by atoms with E-state index in [1.54, 1.807) is 48.2 Å². The fourth-order valence-corrected chi connectivity index (χ4v) is 4.02. The Morgan fingerprint density at radius 3 is 2.44 bits per heavy atom. The molecule has 0 radical (unpaired) electrons. The van der Waals surface area contributed by atoms with Gasteiger partial charge in [0.1, 0.15) is 5.76 Å². The Bertz CT molecular complexity index is 1090. The molecule has 1 aliphatic rings. The topological polar surface area (TPSA) is 108 Å². The van der Waals surface area contributed by atoms with Gasteiger partial charge in [0.05, 0.1) is 11.4 Å². The van der Waals surface area contributed by atoms with Crippen LogP contribution in [0, 0.1) is 6.92 Å². The number of nitrogens with zero attached hydrogens (tertiary/aromatic N) is 3. The average Bonchev–Trinajstić information content (AvgIpc) is 3.46. The number of rotatable bonds is 6. The van der Waals surface area contributed by atoms with Crippen molar-refractivity contribution >= 4 is 40.6 Å². The zero-order valence-electron chi connectivity index (χ0n) is 17.5. The predicted octanol–water partition coefficient (Wildman–Crippen LogP) is 2.69. The molecule has 0 aliphatic carbocycles. The van der Waals surface area contributed by atoms with E-state index in [2.05, 4.69) is 15.8 Å². The second-order valence-electron chi connectivity index (χ2n) is 7.45. The van der Waals surface area contributed by atoms with Crippen molar-refractivity contribution in [1.82, 2.24) is 15.0 Å². The van der Waals surface area contributed by atoms with Crippen LogP contribution in [-0.4, -0.2) is 65.4 Å². The highest BCUT2D eigenvalue weighted by molar-refractivity contribution is 7.12. The van der Waals surface area contributed by atoms with Gasteiger partial charge in [0.15, 0.2) is 5.82 Å². The number of carbonyl (C=O) groups is 3. The van der Waals surface area contributed by atoms with E-state index in [1.165, 1.54) is 11.3 Å². The van der Waals surface area contributed by atoms with Crippen molar-refractivity contribution in [3.05, 3.63) is 64.0 Å². The molecule has 32 heavy (non-hydrogen) atoms. The van der Waals surface area contributed by atoms with E-state index in [9.17, 15) is 14.4 Å². The van der Waals surface area contributed by atoms with Crippen LogP contribution in [0.1, 0.15) is 25.8 Å². The fourth-order valence-electron chi connectivity index (χ4n) is 3.40. The Labute approximate surface area is 189 Å². The third-order valence-electron chi connectivity index (χ3n) is 5.06. The van der Waals surface area contributed by atoms with Gasteiger partial charge in [-0.1, -0.05) is 11.2 Å². The van der Waals surface area contributed by atoms with Crippen LogP contribution >= 0.6 is 11.3 Å². The third kappa shape index (κ3) is 5.40. The quantitative estimate of drug-likeness (QED) is 0.594. The number of hydrogen-bond acceptors (Lipinski definition) is 7. The molecule has 1 saturated heterocycles. The summed E-state index contributed by atoms with van der Waals surface area (Å²) in [6.45, 7) is 4.26. The summed E-state index contributed by atoms with van der Waals surface area (Å²) in [6.07, 6.45) is 0. The average molecular weight is 454 g/mol. The number of aryl methyl sites for hydroxylation is 1. The normalized spacial score (nSPS) is 14.2. The zero-order chi connectivity index (χ0) is 22.5. The van der Waals surface area contributed by atoms with Gasteiger partial charge in [-0.05, 0) is 42.6 Å². The molecule has 2 N–H and O–H groups in total.